The molecule has 1 heterocycles. The van der Waals surface area contributed by atoms with Gasteiger partial charge < -0.3 is 0 Å². The third-order valence-electron chi connectivity index (χ3n) is 4.91. The quantitative estimate of drug-likeness (QED) is 0.327. The number of benzene rings is 4. The predicted molar refractivity (Wildman–Crippen MR) is 110 cm³/mol. The van der Waals surface area contributed by atoms with E-state index in [0.29, 0.717) is 0 Å². The molecule has 26 heavy (non-hydrogen) atoms. The zero-order valence-electron chi connectivity index (χ0n) is 14.3. The largest absolute Gasteiger partial charge is 0.263 e. The Morgan fingerprint density at radius 1 is 0.462 bits per heavy atom. The van der Waals surface area contributed by atoms with Crippen LogP contribution >= 0.6 is 0 Å². The Bertz CT molecular complexity index is 1170. The molecule has 0 spiro atoms. The van der Waals surface area contributed by atoms with E-state index in [-0.39, 0.29) is 0 Å². The van der Waals surface area contributed by atoms with E-state index in [4.69, 9.17) is 0 Å². The molecule has 0 aliphatic rings. The molecule has 5 aromatic rings. The zero-order chi connectivity index (χ0) is 17.3. The number of rotatable bonds is 2. The number of pyridine rings is 1. The van der Waals surface area contributed by atoms with Crippen molar-refractivity contribution in [1.82, 2.24) is 4.98 Å². The van der Waals surface area contributed by atoms with Gasteiger partial charge in [0.2, 0.25) is 0 Å². The highest BCUT2D eigenvalue weighted by Crippen LogP contribution is 2.37. The molecule has 0 bridgehead atoms. The van der Waals surface area contributed by atoms with Crippen molar-refractivity contribution in [3.05, 3.63) is 103 Å². The Labute approximate surface area is 152 Å². The Kier molecular flexibility index (Phi) is 3.50. The van der Waals surface area contributed by atoms with Crippen LogP contribution < -0.4 is 0 Å². The average molecular weight is 331 g/mol. The normalized spacial score (nSPS) is 11.1. The van der Waals surface area contributed by atoms with Gasteiger partial charge in [-0.15, -0.1) is 0 Å². The van der Waals surface area contributed by atoms with Crippen molar-refractivity contribution in [2.45, 2.75) is 0 Å². The summed E-state index contributed by atoms with van der Waals surface area (Å²) in [7, 11) is 0. The van der Waals surface area contributed by atoms with Gasteiger partial charge in [-0.1, -0.05) is 78.9 Å². The van der Waals surface area contributed by atoms with Gasteiger partial charge in [0, 0.05) is 23.5 Å². The fourth-order valence-corrected chi connectivity index (χ4v) is 3.69. The molecule has 1 nitrogen and oxygen atoms in total. The predicted octanol–water partition coefficient (Wildman–Crippen LogP) is 6.72. The van der Waals surface area contributed by atoms with Crippen LogP contribution in [0, 0.1) is 0 Å². The number of fused-ring (bicyclic) bond motifs is 2. The lowest BCUT2D eigenvalue weighted by Gasteiger charge is -2.13. The molecule has 0 unspecified atom stereocenters. The highest BCUT2D eigenvalue weighted by Gasteiger charge is 2.11. The molecule has 0 saturated carbocycles. The van der Waals surface area contributed by atoms with Crippen LogP contribution in [-0.4, -0.2) is 4.98 Å². The van der Waals surface area contributed by atoms with E-state index in [1.807, 2.05) is 18.5 Å². The first-order chi connectivity index (χ1) is 12.9. The van der Waals surface area contributed by atoms with Gasteiger partial charge in [-0.05, 0) is 44.8 Å². The van der Waals surface area contributed by atoms with Crippen molar-refractivity contribution in [3.8, 4) is 22.3 Å². The summed E-state index contributed by atoms with van der Waals surface area (Å²) in [6, 6.07) is 32.1. The molecule has 1 heteroatoms. The van der Waals surface area contributed by atoms with Crippen LogP contribution in [0.3, 0.4) is 0 Å². The summed E-state index contributed by atoms with van der Waals surface area (Å²) in [5, 5.41) is 5.04. The topological polar surface area (TPSA) is 12.9 Å². The summed E-state index contributed by atoms with van der Waals surface area (Å²) in [5.41, 5.74) is 4.73. The van der Waals surface area contributed by atoms with Crippen molar-refractivity contribution in [2.24, 2.45) is 0 Å². The van der Waals surface area contributed by atoms with Gasteiger partial charge in [0.25, 0.3) is 0 Å². The maximum absolute atomic E-state index is 4.55. The first-order valence-corrected chi connectivity index (χ1v) is 8.81. The van der Waals surface area contributed by atoms with Gasteiger partial charge in [-0.25, -0.2) is 0 Å². The molecule has 4 aromatic carbocycles. The second-order valence-corrected chi connectivity index (χ2v) is 6.52. The van der Waals surface area contributed by atoms with Gasteiger partial charge in [0.1, 0.15) is 0 Å². The first kappa shape index (κ1) is 14.9. The molecule has 0 N–H and O–H groups in total. The summed E-state index contributed by atoms with van der Waals surface area (Å²) in [4.78, 5) is 4.55. The fourth-order valence-electron chi connectivity index (χ4n) is 3.69. The van der Waals surface area contributed by atoms with Crippen LogP contribution in [0.5, 0.6) is 0 Å². The molecule has 1 aromatic heterocycles. The van der Waals surface area contributed by atoms with Crippen molar-refractivity contribution in [3.63, 3.8) is 0 Å². The number of hydrogen-bond donors (Lipinski definition) is 0. The highest BCUT2D eigenvalue weighted by molar-refractivity contribution is 6.12. The van der Waals surface area contributed by atoms with Gasteiger partial charge >= 0.3 is 0 Å². The van der Waals surface area contributed by atoms with Crippen molar-refractivity contribution < 1.29 is 0 Å². The molecular formula is C25H17N. The first-order valence-electron chi connectivity index (χ1n) is 8.81. The molecule has 0 amide bonds. The number of hydrogen-bond acceptors (Lipinski definition) is 1. The maximum atomic E-state index is 4.55. The second kappa shape index (κ2) is 6.12. The molecule has 122 valence electrons. The molecule has 0 atom stereocenters. The lowest BCUT2D eigenvalue weighted by molar-refractivity contribution is 1.33. The molecule has 0 aliphatic heterocycles. The third-order valence-corrected chi connectivity index (χ3v) is 4.91. The minimum absolute atomic E-state index is 1.14. The molecule has 5 rings (SSSR count). The van der Waals surface area contributed by atoms with Crippen LogP contribution in [0.4, 0.5) is 0 Å². The van der Waals surface area contributed by atoms with Crippen molar-refractivity contribution in [1.29, 1.82) is 0 Å². The Morgan fingerprint density at radius 2 is 1.04 bits per heavy atom. The highest BCUT2D eigenvalue weighted by atomic mass is 14.6. The number of nitrogens with zero attached hydrogens (tertiary/aromatic N) is 1. The SMILES string of the molecule is c1ccc(-c2cncc(-c3c4ccccc4cc4ccccc34)c2)cc1. The van der Waals surface area contributed by atoms with E-state index in [2.05, 4.69) is 89.9 Å². The van der Waals surface area contributed by atoms with Crippen LogP contribution in [0.1, 0.15) is 0 Å². The van der Waals surface area contributed by atoms with E-state index in [1.165, 1.54) is 32.7 Å². The summed E-state index contributed by atoms with van der Waals surface area (Å²) in [6.45, 7) is 0. The summed E-state index contributed by atoms with van der Waals surface area (Å²) < 4.78 is 0. The lowest BCUT2D eigenvalue weighted by Crippen LogP contribution is -1.88. The van der Waals surface area contributed by atoms with Crippen LogP contribution in [0.25, 0.3) is 43.8 Å². The Hall–Kier alpha value is -3.45. The van der Waals surface area contributed by atoms with E-state index in [1.54, 1.807) is 0 Å². The second-order valence-electron chi connectivity index (χ2n) is 6.52. The Morgan fingerprint density at radius 3 is 1.73 bits per heavy atom. The standard InChI is InChI=1S/C25H17N/c1-2-8-18(9-3-1)21-15-22(17-26-16-21)25-23-12-6-4-10-19(23)14-20-11-5-7-13-24(20)25/h1-17H. The molecule has 0 radical (unpaired) electrons. The maximum Gasteiger partial charge on any atom is 0.0347 e. The van der Waals surface area contributed by atoms with Crippen LogP contribution in [0.2, 0.25) is 0 Å². The molecule has 0 saturated heterocycles. The van der Waals surface area contributed by atoms with Gasteiger partial charge in [0.15, 0.2) is 0 Å². The van der Waals surface area contributed by atoms with Gasteiger partial charge in [-0.2, -0.15) is 0 Å². The van der Waals surface area contributed by atoms with E-state index >= 15 is 0 Å². The van der Waals surface area contributed by atoms with Crippen LogP contribution in [-0.2, 0) is 0 Å². The number of aromatic nitrogens is 1. The summed E-state index contributed by atoms with van der Waals surface area (Å²) in [6.07, 6.45) is 3.91. The minimum atomic E-state index is 1.14. The third kappa shape index (κ3) is 2.46. The minimum Gasteiger partial charge on any atom is -0.263 e. The lowest BCUT2D eigenvalue weighted by atomic mass is 9.92. The fraction of sp³-hybridized carbons (Fsp3) is 0. The van der Waals surface area contributed by atoms with Gasteiger partial charge in [-0.3, -0.25) is 4.98 Å². The van der Waals surface area contributed by atoms with Crippen molar-refractivity contribution >= 4 is 21.5 Å². The van der Waals surface area contributed by atoms with E-state index < -0.39 is 0 Å². The van der Waals surface area contributed by atoms with E-state index in [9.17, 15) is 0 Å². The van der Waals surface area contributed by atoms with E-state index in [0.717, 1.165) is 11.1 Å². The van der Waals surface area contributed by atoms with Crippen LogP contribution in [0.15, 0.2) is 103 Å². The van der Waals surface area contributed by atoms with Crippen molar-refractivity contribution in [2.75, 3.05) is 0 Å². The van der Waals surface area contributed by atoms with Gasteiger partial charge in [0.05, 0.1) is 0 Å². The average Bonchev–Trinajstić information content (AvgIpc) is 2.72. The molecule has 0 fully saturated rings. The molecular weight excluding hydrogens is 314 g/mol. The zero-order valence-corrected chi connectivity index (χ0v) is 14.3. The summed E-state index contributed by atoms with van der Waals surface area (Å²) >= 11 is 0. The Balaban J connectivity index is 1.84. The molecule has 0 aliphatic carbocycles. The smallest absolute Gasteiger partial charge is 0.0347 e. The monoisotopic (exact) mass is 331 g/mol. The summed E-state index contributed by atoms with van der Waals surface area (Å²) in [5.74, 6) is 0.